The van der Waals surface area contributed by atoms with E-state index in [0.29, 0.717) is 0 Å². The fourth-order valence-corrected chi connectivity index (χ4v) is 3.17. The molecule has 0 saturated heterocycles. The number of hydrogen-bond donors (Lipinski definition) is 0. The van der Waals surface area contributed by atoms with Crippen LogP contribution in [0.25, 0.3) is 0 Å². The van der Waals surface area contributed by atoms with Gasteiger partial charge in [0.1, 0.15) is 7.85 Å². The first-order valence-corrected chi connectivity index (χ1v) is 7.61. The highest BCUT2D eigenvalue weighted by Crippen LogP contribution is 2.44. The maximum absolute atomic E-state index is 6.38. The second-order valence-corrected chi connectivity index (χ2v) is 7.10. The van der Waals surface area contributed by atoms with Crippen LogP contribution >= 0.6 is 0 Å². The van der Waals surface area contributed by atoms with Gasteiger partial charge in [0.05, 0.1) is 0 Å². The minimum absolute atomic E-state index is 0.0136. The Balaban J connectivity index is 2.62. The summed E-state index contributed by atoms with van der Waals surface area (Å²) in [4.78, 5) is 0. The van der Waals surface area contributed by atoms with Crippen LogP contribution in [0.15, 0.2) is 42.5 Å². The highest BCUT2D eigenvalue weighted by atomic mass is 14.4. The van der Waals surface area contributed by atoms with Crippen molar-refractivity contribution in [2.75, 3.05) is 0 Å². The van der Waals surface area contributed by atoms with Crippen LogP contribution in [0.4, 0.5) is 0 Å². The third kappa shape index (κ3) is 2.55. The first kappa shape index (κ1) is 15.9. The maximum Gasteiger partial charge on any atom is 0.114 e. The first-order chi connectivity index (χ1) is 9.69. The Bertz CT molecular complexity index is 651. The van der Waals surface area contributed by atoms with Crippen LogP contribution in [0.5, 0.6) is 0 Å². The van der Waals surface area contributed by atoms with Gasteiger partial charge >= 0.3 is 0 Å². The van der Waals surface area contributed by atoms with Gasteiger partial charge in [0.25, 0.3) is 0 Å². The molecule has 2 radical (unpaired) electrons. The van der Waals surface area contributed by atoms with Crippen molar-refractivity contribution in [2.45, 2.75) is 52.4 Å². The van der Waals surface area contributed by atoms with Crippen molar-refractivity contribution in [3.8, 4) is 0 Å². The molecule has 1 heteroatoms. The van der Waals surface area contributed by atoms with Gasteiger partial charge < -0.3 is 0 Å². The Hall–Kier alpha value is -1.50. The molecule has 0 N–H and O–H groups in total. The van der Waals surface area contributed by atoms with Crippen molar-refractivity contribution in [3.05, 3.63) is 64.7 Å². The van der Waals surface area contributed by atoms with E-state index in [0.717, 1.165) is 11.0 Å². The van der Waals surface area contributed by atoms with Gasteiger partial charge in [-0.25, -0.2) is 0 Å². The highest BCUT2D eigenvalue weighted by Gasteiger charge is 2.41. The topological polar surface area (TPSA) is 0 Å². The largest absolute Gasteiger partial charge is 0.114 e. The van der Waals surface area contributed by atoms with Gasteiger partial charge in [0.2, 0.25) is 0 Å². The lowest BCUT2D eigenvalue weighted by Crippen LogP contribution is -2.44. The molecule has 0 bridgehead atoms. The number of hydrogen-bond acceptors (Lipinski definition) is 0. The zero-order chi connectivity index (χ0) is 15.8. The van der Waals surface area contributed by atoms with E-state index in [-0.39, 0.29) is 10.8 Å². The SMILES string of the molecule is [B]c1c(C)cccc1C(C)(C)C(C)(C)c1ccccc1C. The van der Waals surface area contributed by atoms with E-state index in [9.17, 15) is 0 Å². The Labute approximate surface area is 131 Å². The van der Waals surface area contributed by atoms with Crippen LogP contribution in [-0.2, 0) is 10.8 Å². The second kappa shape index (κ2) is 5.37. The quantitative estimate of drug-likeness (QED) is 0.731. The van der Waals surface area contributed by atoms with Gasteiger partial charge in [0, 0.05) is 0 Å². The second-order valence-electron chi connectivity index (χ2n) is 7.10. The zero-order valence-electron chi connectivity index (χ0n) is 14.1. The molecule has 2 aromatic rings. The van der Waals surface area contributed by atoms with Gasteiger partial charge in [-0.15, -0.1) is 0 Å². The Morgan fingerprint density at radius 1 is 0.667 bits per heavy atom. The van der Waals surface area contributed by atoms with Crippen LogP contribution in [-0.4, -0.2) is 7.85 Å². The molecule has 2 rings (SSSR count). The van der Waals surface area contributed by atoms with Crippen molar-refractivity contribution in [3.63, 3.8) is 0 Å². The molecule has 0 atom stereocenters. The average Bonchev–Trinajstić information content (AvgIpc) is 2.41. The van der Waals surface area contributed by atoms with Crippen LogP contribution in [0.3, 0.4) is 0 Å². The van der Waals surface area contributed by atoms with E-state index >= 15 is 0 Å². The summed E-state index contributed by atoms with van der Waals surface area (Å²) in [5.74, 6) is 0. The average molecular weight is 276 g/mol. The summed E-state index contributed by atoms with van der Waals surface area (Å²) in [6.07, 6.45) is 0. The minimum atomic E-state index is -0.0603. The van der Waals surface area contributed by atoms with Gasteiger partial charge in [-0.2, -0.15) is 0 Å². The molecular formula is C20H25B. The van der Waals surface area contributed by atoms with Crippen LogP contribution in [0.2, 0.25) is 0 Å². The highest BCUT2D eigenvalue weighted by molar-refractivity contribution is 6.34. The maximum atomic E-state index is 6.38. The minimum Gasteiger partial charge on any atom is -0.0901 e. The molecule has 0 nitrogen and oxygen atoms in total. The molecule has 2 aromatic carbocycles. The monoisotopic (exact) mass is 276 g/mol. The lowest BCUT2D eigenvalue weighted by Gasteiger charge is -2.44. The predicted octanol–water partition coefficient (Wildman–Crippen LogP) is 4.35. The molecule has 0 aliphatic carbocycles. The van der Waals surface area contributed by atoms with E-state index in [4.69, 9.17) is 7.85 Å². The van der Waals surface area contributed by atoms with Gasteiger partial charge in [-0.3, -0.25) is 0 Å². The lowest BCUT2D eigenvalue weighted by molar-refractivity contribution is 0.303. The summed E-state index contributed by atoms with van der Waals surface area (Å²) in [5.41, 5.74) is 5.95. The molecule has 0 aliphatic heterocycles. The van der Waals surface area contributed by atoms with Crippen LogP contribution in [0, 0.1) is 13.8 Å². The van der Waals surface area contributed by atoms with Gasteiger partial charge in [-0.05, 0) is 41.4 Å². The lowest BCUT2D eigenvalue weighted by atomic mass is 9.58. The fourth-order valence-electron chi connectivity index (χ4n) is 3.17. The zero-order valence-corrected chi connectivity index (χ0v) is 14.1. The van der Waals surface area contributed by atoms with Crippen molar-refractivity contribution in [1.82, 2.24) is 0 Å². The molecule has 0 unspecified atom stereocenters. The van der Waals surface area contributed by atoms with E-state index in [1.165, 1.54) is 16.7 Å². The predicted molar refractivity (Wildman–Crippen MR) is 93.8 cm³/mol. The van der Waals surface area contributed by atoms with Crippen LogP contribution < -0.4 is 5.46 Å². The molecule has 0 spiro atoms. The summed E-state index contributed by atoms with van der Waals surface area (Å²) in [7, 11) is 6.38. The van der Waals surface area contributed by atoms with E-state index in [2.05, 4.69) is 84.0 Å². The number of rotatable bonds is 3. The molecule has 0 saturated carbocycles. The van der Waals surface area contributed by atoms with Gasteiger partial charge in [-0.1, -0.05) is 81.2 Å². The molecule has 108 valence electrons. The summed E-state index contributed by atoms with van der Waals surface area (Å²) < 4.78 is 0. The number of benzene rings is 2. The van der Waals surface area contributed by atoms with Crippen molar-refractivity contribution < 1.29 is 0 Å². The molecule has 21 heavy (non-hydrogen) atoms. The molecule has 0 fully saturated rings. The molecule has 0 aromatic heterocycles. The molecular weight excluding hydrogens is 251 g/mol. The number of aryl methyl sites for hydroxylation is 2. The normalized spacial score (nSPS) is 12.5. The van der Waals surface area contributed by atoms with Crippen molar-refractivity contribution in [2.24, 2.45) is 0 Å². The van der Waals surface area contributed by atoms with Crippen LogP contribution in [0.1, 0.15) is 49.9 Å². The first-order valence-electron chi connectivity index (χ1n) is 7.61. The van der Waals surface area contributed by atoms with E-state index in [1.54, 1.807) is 0 Å². The standard InChI is InChI=1S/C20H25B/c1-14-10-7-8-12-16(14)19(3,4)20(5,6)17-13-9-11-15(2)18(17)21/h7-13H,1-6H3. The smallest absolute Gasteiger partial charge is 0.0901 e. The van der Waals surface area contributed by atoms with E-state index in [1.807, 2.05) is 0 Å². The summed E-state index contributed by atoms with van der Waals surface area (Å²) in [6.45, 7) is 13.5. The van der Waals surface area contributed by atoms with Crippen molar-refractivity contribution in [1.29, 1.82) is 0 Å². The third-order valence-corrected chi connectivity index (χ3v) is 5.38. The van der Waals surface area contributed by atoms with E-state index < -0.39 is 0 Å². The summed E-state index contributed by atoms with van der Waals surface area (Å²) in [5, 5.41) is 0. The fraction of sp³-hybridized carbons (Fsp3) is 0.400. The van der Waals surface area contributed by atoms with Crippen molar-refractivity contribution >= 4 is 13.3 Å². The summed E-state index contributed by atoms with van der Waals surface area (Å²) in [6, 6.07) is 15.0. The molecule has 0 heterocycles. The summed E-state index contributed by atoms with van der Waals surface area (Å²) >= 11 is 0. The molecule has 0 aliphatic rings. The third-order valence-electron chi connectivity index (χ3n) is 5.38. The van der Waals surface area contributed by atoms with Gasteiger partial charge in [0.15, 0.2) is 0 Å². The Morgan fingerprint density at radius 3 is 1.76 bits per heavy atom. The molecule has 0 amide bonds. The Kier molecular flexibility index (Phi) is 4.06. The Morgan fingerprint density at radius 2 is 1.14 bits per heavy atom.